The molecular weight excluding hydrogens is 300 g/mol. The van der Waals surface area contributed by atoms with Crippen molar-refractivity contribution in [3.05, 3.63) is 91.5 Å². The number of aryl methyl sites for hydroxylation is 1. The lowest BCUT2D eigenvalue weighted by Crippen LogP contribution is -1.91. The van der Waals surface area contributed by atoms with E-state index in [2.05, 4.69) is 69.1 Å². The van der Waals surface area contributed by atoms with Crippen molar-refractivity contribution in [3.8, 4) is 11.1 Å². The monoisotopic (exact) mass is 338 g/mol. The Morgan fingerprint density at radius 1 is 0.880 bits per heavy atom. The normalized spacial score (nSPS) is 8.00. The number of rotatable bonds is 4. The van der Waals surface area contributed by atoms with Gasteiger partial charge in [-0.15, -0.1) is 6.58 Å². The molecule has 2 aromatic rings. The van der Waals surface area contributed by atoms with Crippen molar-refractivity contribution in [2.45, 2.75) is 49.0 Å². The van der Waals surface area contributed by atoms with Gasteiger partial charge in [0.15, 0.2) is 0 Å². The molecule has 0 radical (unpaired) electrons. The summed E-state index contributed by atoms with van der Waals surface area (Å²) in [6.45, 7) is 19.3. The van der Waals surface area contributed by atoms with Crippen molar-refractivity contribution in [2.24, 2.45) is 0 Å². The zero-order chi connectivity index (χ0) is 17.7. The minimum Gasteiger partial charge on any atom is -0.103 e. The standard InChI is InChI=1S/C18H18.C3H6.C2H6.2CH4/c1-4-14(3)16-11-8-9-13-18(16)17-12-7-6-10-15(17)5-2;1-3-2;1-2;;/h4,6-13H,1,3,5H2,2H3;3H,1H2,2H3;1-2H3;2*1H4. The fraction of sp³-hybridized carbons (Fsp3) is 0.280. The summed E-state index contributed by atoms with van der Waals surface area (Å²) in [7, 11) is 0. The summed E-state index contributed by atoms with van der Waals surface area (Å²) < 4.78 is 0. The molecule has 0 spiro atoms. The van der Waals surface area contributed by atoms with E-state index in [0.29, 0.717) is 0 Å². The van der Waals surface area contributed by atoms with Gasteiger partial charge >= 0.3 is 0 Å². The highest BCUT2D eigenvalue weighted by molar-refractivity contribution is 5.85. The van der Waals surface area contributed by atoms with Gasteiger partial charge in [-0.2, -0.15) is 0 Å². The van der Waals surface area contributed by atoms with Crippen LogP contribution in [0.15, 0.2) is 80.4 Å². The lowest BCUT2D eigenvalue weighted by molar-refractivity contribution is 1.14. The maximum absolute atomic E-state index is 4.07. The van der Waals surface area contributed by atoms with E-state index in [9.17, 15) is 0 Å². The van der Waals surface area contributed by atoms with Crippen LogP contribution in [0.4, 0.5) is 0 Å². The molecule has 25 heavy (non-hydrogen) atoms. The molecule has 2 aromatic carbocycles. The third-order valence-corrected chi connectivity index (χ3v) is 3.21. The van der Waals surface area contributed by atoms with Crippen LogP contribution in [0, 0.1) is 0 Å². The predicted molar refractivity (Wildman–Crippen MR) is 121 cm³/mol. The first-order chi connectivity index (χ1) is 11.2. The zero-order valence-electron chi connectivity index (χ0n) is 15.1. The van der Waals surface area contributed by atoms with Gasteiger partial charge in [0, 0.05) is 0 Å². The van der Waals surface area contributed by atoms with E-state index in [1.807, 2.05) is 32.9 Å². The molecule has 0 unspecified atom stereocenters. The van der Waals surface area contributed by atoms with Gasteiger partial charge in [-0.05, 0) is 41.2 Å². The van der Waals surface area contributed by atoms with Gasteiger partial charge in [-0.1, -0.05) is 109 Å². The Morgan fingerprint density at radius 3 is 1.80 bits per heavy atom. The quantitative estimate of drug-likeness (QED) is 0.386. The molecule has 0 atom stereocenters. The van der Waals surface area contributed by atoms with Gasteiger partial charge in [0.1, 0.15) is 0 Å². The van der Waals surface area contributed by atoms with Crippen LogP contribution in [0.25, 0.3) is 16.7 Å². The first-order valence-corrected chi connectivity index (χ1v) is 8.25. The zero-order valence-corrected chi connectivity index (χ0v) is 15.1. The Kier molecular flexibility index (Phi) is 18.2. The molecule has 0 fully saturated rings. The van der Waals surface area contributed by atoms with Gasteiger partial charge in [-0.3, -0.25) is 0 Å². The van der Waals surface area contributed by atoms with E-state index >= 15 is 0 Å². The first-order valence-electron chi connectivity index (χ1n) is 8.25. The fourth-order valence-corrected chi connectivity index (χ4v) is 2.20. The number of allylic oxidation sites excluding steroid dienone is 3. The largest absolute Gasteiger partial charge is 0.103 e. The molecule has 0 N–H and O–H groups in total. The van der Waals surface area contributed by atoms with E-state index in [0.717, 1.165) is 17.6 Å². The van der Waals surface area contributed by atoms with E-state index in [1.54, 1.807) is 6.08 Å². The van der Waals surface area contributed by atoms with Gasteiger partial charge in [0.2, 0.25) is 0 Å². The maximum atomic E-state index is 4.07. The fourth-order valence-electron chi connectivity index (χ4n) is 2.20. The number of hydrogen-bond donors (Lipinski definition) is 0. The molecule has 0 heteroatoms. The highest BCUT2D eigenvalue weighted by Crippen LogP contribution is 2.31. The third-order valence-electron chi connectivity index (χ3n) is 3.21. The molecule has 0 aromatic heterocycles. The van der Waals surface area contributed by atoms with Crippen LogP contribution in [-0.2, 0) is 6.42 Å². The van der Waals surface area contributed by atoms with E-state index in [1.165, 1.54) is 16.7 Å². The van der Waals surface area contributed by atoms with Crippen molar-refractivity contribution in [1.29, 1.82) is 0 Å². The molecular formula is C25H38. The summed E-state index contributed by atoms with van der Waals surface area (Å²) in [6, 6.07) is 16.9. The molecule has 2 rings (SSSR count). The second kappa shape index (κ2) is 16.5. The molecule has 0 saturated carbocycles. The SMILES string of the molecule is C.C.C=CC.C=CC(=C)c1ccccc1-c1ccccc1CC.CC. The third kappa shape index (κ3) is 8.35. The summed E-state index contributed by atoms with van der Waals surface area (Å²) in [4.78, 5) is 0. The first kappa shape index (κ1) is 27.5. The highest BCUT2D eigenvalue weighted by atomic mass is 14.1. The summed E-state index contributed by atoms with van der Waals surface area (Å²) in [5, 5.41) is 0. The van der Waals surface area contributed by atoms with Crippen LogP contribution in [0.5, 0.6) is 0 Å². The van der Waals surface area contributed by atoms with Crippen LogP contribution in [-0.4, -0.2) is 0 Å². The minimum atomic E-state index is 0. The second-order valence-corrected chi connectivity index (χ2v) is 4.69. The van der Waals surface area contributed by atoms with Crippen LogP contribution in [0.1, 0.15) is 53.7 Å². The Labute approximate surface area is 157 Å². The molecule has 0 nitrogen and oxygen atoms in total. The molecule has 138 valence electrons. The highest BCUT2D eigenvalue weighted by Gasteiger charge is 2.08. The molecule has 0 saturated heterocycles. The van der Waals surface area contributed by atoms with Crippen molar-refractivity contribution in [3.63, 3.8) is 0 Å². The lowest BCUT2D eigenvalue weighted by atomic mass is 9.91. The second-order valence-electron chi connectivity index (χ2n) is 4.69. The van der Waals surface area contributed by atoms with Crippen LogP contribution in [0.3, 0.4) is 0 Å². The summed E-state index contributed by atoms with van der Waals surface area (Å²) in [6.07, 6.45) is 4.60. The number of hydrogen-bond acceptors (Lipinski definition) is 0. The Morgan fingerprint density at radius 2 is 1.32 bits per heavy atom. The van der Waals surface area contributed by atoms with E-state index in [-0.39, 0.29) is 14.9 Å². The molecule has 0 aliphatic heterocycles. The topological polar surface area (TPSA) is 0 Å². The molecule has 0 aliphatic rings. The van der Waals surface area contributed by atoms with Crippen molar-refractivity contribution < 1.29 is 0 Å². The molecule has 0 aliphatic carbocycles. The van der Waals surface area contributed by atoms with Gasteiger partial charge in [0.25, 0.3) is 0 Å². The van der Waals surface area contributed by atoms with Crippen molar-refractivity contribution in [2.75, 3.05) is 0 Å². The maximum Gasteiger partial charge on any atom is -0.0103 e. The van der Waals surface area contributed by atoms with Crippen LogP contribution in [0.2, 0.25) is 0 Å². The van der Waals surface area contributed by atoms with E-state index < -0.39 is 0 Å². The van der Waals surface area contributed by atoms with Gasteiger partial charge < -0.3 is 0 Å². The Hall–Kier alpha value is -2.34. The average molecular weight is 339 g/mol. The van der Waals surface area contributed by atoms with Gasteiger partial charge in [-0.25, -0.2) is 0 Å². The Balaban J connectivity index is -0.000000627. The summed E-state index contributed by atoms with van der Waals surface area (Å²) >= 11 is 0. The van der Waals surface area contributed by atoms with Crippen LogP contribution < -0.4 is 0 Å². The number of benzene rings is 2. The molecule has 0 bridgehead atoms. The smallest absolute Gasteiger partial charge is 0.0103 e. The van der Waals surface area contributed by atoms with Crippen LogP contribution >= 0.6 is 0 Å². The summed E-state index contributed by atoms with van der Waals surface area (Å²) in [5.74, 6) is 0. The predicted octanol–water partition coefficient (Wildman–Crippen LogP) is 8.61. The molecule has 0 heterocycles. The van der Waals surface area contributed by atoms with Gasteiger partial charge in [0.05, 0.1) is 0 Å². The van der Waals surface area contributed by atoms with Crippen molar-refractivity contribution in [1.82, 2.24) is 0 Å². The van der Waals surface area contributed by atoms with E-state index in [4.69, 9.17) is 0 Å². The molecule has 0 amide bonds. The van der Waals surface area contributed by atoms with Crippen molar-refractivity contribution >= 4 is 5.57 Å². The minimum absolute atomic E-state index is 0. The Bertz CT molecular complexity index is 617. The average Bonchev–Trinajstić information content (AvgIpc) is 2.63. The lowest BCUT2D eigenvalue weighted by Gasteiger charge is -2.13. The summed E-state index contributed by atoms with van der Waals surface area (Å²) in [5.41, 5.74) is 6.02.